The summed E-state index contributed by atoms with van der Waals surface area (Å²) in [5.41, 5.74) is 0.371. The van der Waals surface area contributed by atoms with Crippen molar-refractivity contribution in [2.24, 2.45) is 0 Å². The van der Waals surface area contributed by atoms with Crippen LogP contribution in [0.15, 0.2) is 53.5 Å². The van der Waals surface area contributed by atoms with Gasteiger partial charge in [-0.3, -0.25) is 4.79 Å². The van der Waals surface area contributed by atoms with Gasteiger partial charge in [0.1, 0.15) is 0 Å². The number of alkyl halides is 3. The van der Waals surface area contributed by atoms with Crippen LogP contribution in [0.3, 0.4) is 0 Å². The summed E-state index contributed by atoms with van der Waals surface area (Å²) in [6, 6.07) is 6.99. The number of carbonyl (C=O) groups is 1. The first kappa shape index (κ1) is 24.2. The van der Waals surface area contributed by atoms with Crippen LogP contribution < -0.4 is 5.32 Å². The van der Waals surface area contributed by atoms with Crippen molar-refractivity contribution in [3.63, 3.8) is 0 Å². The topological polar surface area (TPSA) is 29.1 Å². The average molecular weight is 554 g/mol. The van der Waals surface area contributed by atoms with Gasteiger partial charge in [-0.1, -0.05) is 59.1 Å². The maximum atomic E-state index is 13.7. The number of benzene rings is 2. The smallest absolute Gasteiger partial charge is 0.343 e. The fraction of sp³-hybridized carbons (Fsp3) is 0.227. The first-order valence-corrected chi connectivity index (χ1v) is 11.0. The summed E-state index contributed by atoms with van der Waals surface area (Å²) in [5.74, 6) is -2.22. The van der Waals surface area contributed by atoms with E-state index >= 15 is 0 Å². The van der Waals surface area contributed by atoms with Gasteiger partial charge in [0.05, 0.1) is 32.1 Å². The zero-order valence-corrected chi connectivity index (χ0v) is 19.7. The second kappa shape index (κ2) is 9.18. The van der Waals surface area contributed by atoms with Gasteiger partial charge in [-0.2, -0.15) is 13.2 Å². The highest BCUT2D eigenvalue weighted by molar-refractivity contribution is 9.10. The van der Waals surface area contributed by atoms with Gasteiger partial charge in [0.2, 0.25) is 0 Å². The first-order chi connectivity index (χ1) is 14.5. The molecule has 2 aromatic carbocycles. The van der Waals surface area contributed by atoms with Crippen molar-refractivity contribution in [3.05, 3.63) is 85.3 Å². The number of amides is 1. The molecule has 0 radical (unpaired) electrons. The minimum atomic E-state index is -4.57. The van der Waals surface area contributed by atoms with Crippen molar-refractivity contribution in [3.8, 4) is 0 Å². The Balaban J connectivity index is 1.85. The maximum absolute atomic E-state index is 13.7. The Hall–Kier alpha value is -1.47. The molecule has 1 saturated carbocycles. The predicted molar refractivity (Wildman–Crippen MR) is 123 cm³/mol. The second-order valence-corrected chi connectivity index (χ2v) is 9.28. The molecule has 0 saturated heterocycles. The van der Waals surface area contributed by atoms with Crippen LogP contribution in [0.4, 0.5) is 13.2 Å². The number of carbonyl (C=O) groups excluding carboxylic acids is 1. The lowest BCUT2D eigenvalue weighted by atomic mass is 9.97. The Kier molecular flexibility index (Phi) is 7.16. The van der Waals surface area contributed by atoms with Gasteiger partial charge >= 0.3 is 6.18 Å². The Labute approximate surface area is 201 Å². The molecule has 0 heterocycles. The molecule has 1 atom stereocenters. The van der Waals surface area contributed by atoms with Gasteiger partial charge in [0.25, 0.3) is 5.91 Å². The van der Waals surface area contributed by atoms with E-state index in [1.54, 1.807) is 24.3 Å². The Morgan fingerprint density at radius 2 is 1.77 bits per heavy atom. The Bertz CT molecular complexity index is 1040. The van der Waals surface area contributed by atoms with Crippen molar-refractivity contribution < 1.29 is 18.0 Å². The molecule has 31 heavy (non-hydrogen) atoms. The van der Waals surface area contributed by atoms with Crippen LogP contribution in [0.2, 0.25) is 15.1 Å². The molecular weight excluding hydrogens is 538 g/mol. The highest BCUT2D eigenvalue weighted by atomic mass is 79.9. The molecule has 0 aromatic heterocycles. The van der Waals surface area contributed by atoms with Crippen LogP contribution in [-0.4, -0.2) is 17.6 Å². The van der Waals surface area contributed by atoms with Crippen molar-refractivity contribution in [1.29, 1.82) is 0 Å². The van der Waals surface area contributed by atoms with Gasteiger partial charge in [-0.25, -0.2) is 0 Å². The van der Waals surface area contributed by atoms with Crippen molar-refractivity contribution >= 4 is 62.7 Å². The number of hydrogen-bond acceptors (Lipinski definition) is 1. The van der Waals surface area contributed by atoms with E-state index in [1.165, 1.54) is 6.08 Å². The molecule has 0 bridgehead atoms. The van der Waals surface area contributed by atoms with E-state index in [2.05, 4.69) is 27.8 Å². The monoisotopic (exact) mass is 551 g/mol. The highest BCUT2D eigenvalue weighted by Gasteiger charge is 2.41. The van der Waals surface area contributed by atoms with E-state index in [0.29, 0.717) is 15.6 Å². The Morgan fingerprint density at radius 1 is 1.16 bits per heavy atom. The van der Waals surface area contributed by atoms with Crippen molar-refractivity contribution in [2.75, 3.05) is 0 Å². The number of rotatable bonds is 6. The van der Waals surface area contributed by atoms with Gasteiger partial charge < -0.3 is 5.32 Å². The standard InChI is InChI=1S/C22H16BrCl3F3NO/c1-2-21(7-8-21)30-20(31)14-5-3-12(9-16(14)23)4-6-15(22(27,28)29)13-10-17(24)19(26)18(25)11-13/h2-6,9-11,15H,1,7-8H2,(H,30,31)/b6-4+. The summed E-state index contributed by atoms with van der Waals surface area (Å²) in [6.45, 7) is 3.73. The van der Waals surface area contributed by atoms with Crippen LogP contribution in [0, 0.1) is 0 Å². The third-order valence-electron chi connectivity index (χ3n) is 4.98. The average Bonchev–Trinajstić information content (AvgIpc) is 3.45. The van der Waals surface area contributed by atoms with E-state index in [-0.39, 0.29) is 32.1 Å². The van der Waals surface area contributed by atoms with E-state index < -0.39 is 12.1 Å². The molecule has 1 amide bonds. The molecule has 2 nitrogen and oxygen atoms in total. The molecular formula is C22H16BrCl3F3NO. The quantitative estimate of drug-likeness (QED) is 0.283. The third-order valence-corrected chi connectivity index (χ3v) is 6.83. The van der Waals surface area contributed by atoms with Gasteiger partial charge in [-0.05, 0) is 64.2 Å². The van der Waals surface area contributed by atoms with Crippen molar-refractivity contribution in [1.82, 2.24) is 5.32 Å². The molecule has 1 aliphatic rings. The molecule has 2 aromatic rings. The summed E-state index contributed by atoms with van der Waals surface area (Å²) >= 11 is 21.0. The fourth-order valence-electron chi connectivity index (χ4n) is 3.00. The lowest BCUT2D eigenvalue weighted by Crippen LogP contribution is -2.35. The van der Waals surface area contributed by atoms with E-state index in [9.17, 15) is 18.0 Å². The van der Waals surface area contributed by atoms with Gasteiger partial charge in [0.15, 0.2) is 0 Å². The highest BCUT2D eigenvalue weighted by Crippen LogP contribution is 2.41. The summed E-state index contributed by atoms with van der Waals surface area (Å²) < 4.78 is 41.5. The molecule has 1 aliphatic carbocycles. The second-order valence-electron chi connectivity index (χ2n) is 7.23. The molecule has 0 spiro atoms. The number of hydrogen-bond donors (Lipinski definition) is 1. The lowest BCUT2D eigenvalue weighted by Gasteiger charge is -2.18. The summed E-state index contributed by atoms with van der Waals surface area (Å²) in [5, 5.41) is 2.80. The van der Waals surface area contributed by atoms with Crippen molar-refractivity contribution in [2.45, 2.75) is 30.5 Å². The van der Waals surface area contributed by atoms with Crippen LogP contribution in [0.1, 0.15) is 40.2 Å². The van der Waals surface area contributed by atoms with Crippen LogP contribution in [0.5, 0.6) is 0 Å². The molecule has 3 rings (SSSR count). The molecule has 1 fully saturated rings. The number of allylic oxidation sites excluding steroid dienone is 1. The van der Waals surface area contributed by atoms with Gasteiger partial charge in [0, 0.05) is 4.47 Å². The molecule has 1 unspecified atom stereocenters. The lowest BCUT2D eigenvalue weighted by molar-refractivity contribution is -0.139. The SMILES string of the molecule is C=CC1(NC(=O)c2ccc(/C=C/C(c3cc(Cl)c(Cl)c(Cl)c3)C(F)(F)F)cc2Br)CC1. The molecule has 164 valence electrons. The predicted octanol–water partition coefficient (Wildman–Crippen LogP) is 8.22. The first-order valence-electron chi connectivity index (χ1n) is 9.11. The summed E-state index contributed by atoms with van der Waals surface area (Å²) in [6.07, 6.45) is 1.14. The molecule has 1 N–H and O–H groups in total. The fourth-order valence-corrected chi connectivity index (χ4v) is 4.19. The third kappa shape index (κ3) is 5.67. The minimum Gasteiger partial charge on any atom is -0.343 e. The largest absolute Gasteiger partial charge is 0.399 e. The van der Waals surface area contributed by atoms with E-state index in [4.69, 9.17) is 34.8 Å². The van der Waals surface area contributed by atoms with Crippen LogP contribution >= 0.6 is 50.7 Å². The van der Waals surface area contributed by atoms with E-state index in [1.807, 2.05) is 0 Å². The van der Waals surface area contributed by atoms with Crippen LogP contribution in [-0.2, 0) is 0 Å². The summed E-state index contributed by atoms with van der Waals surface area (Å²) in [4.78, 5) is 12.5. The zero-order chi connectivity index (χ0) is 23.0. The van der Waals surface area contributed by atoms with Gasteiger partial charge in [-0.15, -0.1) is 6.58 Å². The Morgan fingerprint density at radius 3 is 2.26 bits per heavy atom. The molecule has 0 aliphatic heterocycles. The summed E-state index contributed by atoms with van der Waals surface area (Å²) in [7, 11) is 0. The number of nitrogens with one attached hydrogen (secondary N) is 1. The van der Waals surface area contributed by atoms with E-state index in [0.717, 1.165) is 31.1 Å². The minimum absolute atomic E-state index is 0.000727. The zero-order valence-electron chi connectivity index (χ0n) is 15.9. The normalized spacial score (nSPS) is 16.2. The molecule has 9 heteroatoms. The maximum Gasteiger partial charge on any atom is 0.399 e. The van der Waals surface area contributed by atoms with Crippen LogP contribution in [0.25, 0.3) is 6.08 Å². The number of halogens is 7.